The summed E-state index contributed by atoms with van der Waals surface area (Å²) in [5.41, 5.74) is 2.20. The third kappa shape index (κ3) is 3.71. The van der Waals surface area contributed by atoms with Gasteiger partial charge < -0.3 is 14.4 Å². The van der Waals surface area contributed by atoms with Gasteiger partial charge in [-0.3, -0.25) is 9.52 Å². The first-order chi connectivity index (χ1) is 12.9. The van der Waals surface area contributed by atoms with Crippen LogP contribution in [0.2, 0.25) is 0 Å². The van der Waals surface area contributed by atoms with Crippen LogP contribution in [0.1, 0.15) is 18.9 Å². The molecule has 0 atom stereocenters. The lowest BCUT2D eigenvalue weighted by atomic mass is 10.0. The molecule has 0 bridgehead atoms. The standard InChI is InChI=1S/C19H22N2O5S/c1-4-21-16-8-6-14(11-13(16)5-10-19(21)22)20-27(23,24)18-12-15(25-2)7-9-17(18)26-3/h6-9,11-12,20H,4-5,10H2,1-3H3. The minimum Gasteiger partial charge on any atom is -0.497 e. The monoisotopic (exact) mass is 390 g/mol. The fourth-order valence-electron chi connectivity index (χ4n) is 3.17. The van der Waals surface area contributed by atoms with Crippen molar-refractivity contribution >= 4 is 27.3 Å². The van der Waals surface area contributed by atoms with Gasteiger partial charge in [-0.1, -0.05) is 0 Å². The summed E-state index contributed by atoms with van der Waals surface area (Å²) >= 11 is 0. The van der Waals surface area contributed by atoms with Crippen molar-refractivity contribution in [1.82, 2.24) is 0 Å². The van der Waals surface area contributed by atoms with E-state index in [9.17, 15) is 13.2 Å². The summed E-state index contributed by atoms with van der Waals surface area (Å²) < 4.78 is 38.6. The van der Waals surface area contributed by atoms with Gasteiger partial charge in [0.25, 0.3) is 10.0 Å². The van der Waals surface area contributed by atoms with Gasteiger partial charge in [0.1, 0.15) is 16.4 Å². The first-order valence-electron chi connectivity index (χ1n) is 8.57. The number of amides is 1. The molecule has 7 nitrogen and oxygen atoms in total. The van der Waals surface area contributed by atoms with Crippen LogP contribution in [0.3, 0.4) is 0 Å². The van der Waals surface area contributed by atoms with E-state index in [1.54, 1.807) is 35.2 Å². The molecule has 0 unspecified atom stereocenters. The molecule has 1 heterocycles. The molecule has 3 rings (SSSR count). The Kier molecular flexibility index (Phi) is 5.27. The van der Waals surface area contributed by atoms with E-state index in [0.717, 1.165) is 11.3 Å². The Morgan fingerprint density at radius 2 is 1.85 bits per heavy atom. The molecule has 0 fully saturated rings. The summed E-state index contributed by atoms with van der Waals surface area (Å²) in [6.45, 7) is 2.50. The normalized spacial score (nSPS) is 13.9. The Morgan fingerprint density at radius 3 is 2.52 bits per heavy atom. The number of carbonyl (C=O) groups is 1. The molecule has 0 aromatic heterocycles. The lowest BCUT2D eigenvalue weighted by Crippen LogP contribution is -2.34. The molecule has 1 N–H and O–H groups in total. The Bertz CT molecular complexity index is 972. The predicted molar refractivity (Wildman–Crippen MR) is 103 cm³/mol. The van der Waals surface area contributed by atoms with Crippen molar-refractivity contribution in [3.05, 3.63) is 42.0 Å². The first kappa shape index (κ1) is 19.0. The van der Waals surface area contributed by atoms with E-state index in [2.05, 4.69) is 4.72 Å². The number of carbonyl (C=O) groups excluding carboxylic acids is 1. The minimum atomic E-state index is -3.88. The Morgan fingerprint density at radius 1 is 1.07 bits per heavy atom. The number of aryl methyl sites for hydroxylation is 1. The molecule has 1 amide bonds. The zero-order valence-corrected chi connectivity index (χ0v) is 16.3. The summed E-state index contributed by atoms with van der Waals surface area (Å²) in [6, 6.07) is 9.80. The third-order valence-corrected chi connectivity index (χ3v) is 5.91. The van der Waals surface area contributed by atoms with Crippen molar-refractivity contribution in [3.8, 4) is 11.5 Å². The Hall–Kier alpha value is -2.74. The number of hydrogen-bond donors (Lipinski definition) is 1. The molecule has 2 aromatic rings. The molecule has 8 heteroatoms. The largest absolute Gasteiger partial charge is 0.497 e. The van der Waals surface area contributed by atoms with Gasteiger partial charge in [-0.15, -0.1) is 0 Å². The average Bonchev–Trinajstić information content (AvgIpc) is 2.67. The summed E-state index contributed by atoms with van der Waals surface area (Å²) in [5, 5.41) is 0. The number of nitrogens with one attached hydrogen (secondary N) is 1. The lowest BCUT2D eigenvalue weighted by molar-refractivity contribution is -0.118. The highest BCUT2D eigenvalue weighted by molar-refractivity contribution is 7.92. The smallest absolute Gasteiger partial charge is 0.265 e. The molecular formula is C19H22N2O5S. The maximum atomic E-state index is 12.9. The molecule has 0 spiro atoms. The van der Waals surface area contributed by atoms with Gasteiger partial charge in [-0.05, 0) is 49.2 Å². The number of anilines is 2. The molecule has 1 aliphatic rings. The number of fused-ring (bicyclic) bond motifs is 1. The number of ether oxygens (including phenoxy) is 2. The van der Waals surface area contributed by atoms with Crippen LogP contribution >= 0.6 is 0 Å². The number of methoxy groups -OCH3 is 2. The van der Waals surface area contributed by atoms with E-state index in [1.165, 1.54) is 20.3 Å². The van der Waals surface area contributed by atoms with E-state index in [4.69, 9.17) is 9.47 Å². The van der Waals surface area contributed by atoms with Crippen LogP contribution in [0.5, 0.6) is 11.5 Å². The molecule has 0 saturated heterocycles. The van der Waals surface area contributed by atoms with E-state index >= 15 is 0 Å². The van der Waals surface area contributed by atoms with Crippen molar-refractivity contribution in [1.29, 1.82) is 0 Å². The maximum absolute atomic E-state index is 12.9. The second kappa shape index (κ2) is 7.48. The van der Waals surface area contributed by atoms with Gasteiger partial charge in [0.2, 0.25) is 5.91 Å². The molecule has 27 heavy (non-hydrogen) atoms. The van der Waals surface area contributed by atoms with Gasteiger partial charge in [0.15, 0.2) is 0 Å². The van der Waals surface area contributed by atoms with Crippen LogP contribution in [-0.2, 0) is 21.2 Å². The maximum Gasteiger partial charge on any atom is 0.265 e. The van der Waals surface area contributed by atoms with E-state index in [-0.39, 0.29) is 16.6 Å². The number of nitrogens with zero attached hydrogens (tertiary/aromatic N) is 1. The molecule has 0 aliphatic carbocycles. The van der Waals surface area contributed by atoms with Crippen LogP contribution in [-0.4, -0.2) is 35.1 Å². The SMILES string of the molecule is CCN1C(=O)CCc2cc(NS(=O)(=O)c3cc(OC)ccc3OC)ccc21. The van der Waals surface area contributed by atoms with Crippen molar-refractivity contribution < 1.29 is 22.7 Å². The van der Waals surface area contributed by atoms with E-state index < -0.39 is 10.0 Å². The van der Waals surface area contributed by atoms with Crippen molar-refractivity contribution in [3.63, 3.8) is 0 Å². The number of hydrogen-bond acceptors (Lipinski definition) is 5. The molecule has 0 radical (unpaired) electrons. The van der Waals surface area contributed by atoms with Crippen molar-refractivity contribution in [2.75, 3.05) is 30.4 Å². The van der Waals surface area contributed by atoms with Crippen molar-refractivity contribution in [2.45, 2.75) is 24.7 Å². The fraction of sp³-hybridized carbons (Fsp3) is 0.316. The summed E-state index contributed by atoms with van der Waals surface area (Å²) in [4.78, 5) is 13.7. The second-order valence-corrected chi connectivity index (χ2v) is 7.75. The summed E-state index contributed by atoms with van der Waals surface area (Å²) in [5.74, 6) is 0.724. The topological polar surface area (TPSA) is 84.9 Å². The van der Waals surface area contributed by atoms with Crippen molar-refractivity contribution in [2.24, 2.45) is 0 Å². The molecule has 2 aromatic carbocycles. The zero-order chi connectivity index (χ0) is 19.6. The van der Waals surface area contributed by atoms with Gasteiger partial charge in [0, 0.05) is 30.4 Å². The Balaban J connectivity index is 1.95. The molecule has 144 valence electrons. The highest BCUT2D eigenvalue weighted by Gasteiger charge is 2.25. The van der Waals surface area contributed by atoms with Crippen LogP contribution in [0.15, 0.2) is 41.3 Å². The van der Waals surface area contributed by atoms with Gasteiger partial charge in [-0.25, -0.2) is 8.42 Å². The Labute approximate surface area is 158 Å². The van der Waals surface area contributed by atoms with Crippen LogP contribution in [0.25, 0.3) is 0 Å². The number of benzene rings is 2. The minimum absolute atomic E-state index is 0.00701. The summed E-state index contributed by atoms with van der Waals surface area (Å²) in [7, 11) is -1.000. The highest BCUT2D eigenvalue weighted by atomic mass is 32.2. The van der Waals surface area contributed by atoms with Crippen LogP contribution in [0, 0.1) is 0 Å². The predicted octanol–water partition coefficient (Wildman–Crippen LogP) is 2.80. The van der Waals surface area contributed by atoms with Crippen LogP contribution < -0.4 is 19.1 Å². The molecular weight excluding hydrogens is 368 g/mol. The van der Waals surface area contributed by atoms with Gasteiger partial charge >= 0.3 is 0 Å². The second-order valence-electron chi connectivity index (χ2n) is 6.10. The summed E-state index contributed by atoms with van der Waals surface area (Å²) in [6.07, 6.45) is 1.00. The van der Waals surface area contributed by atoms with Gasteiger partial charge in [0.05, 0.1) is 14.2 Å². The third-order valence-electron chi connectivity index (χ3n) is 4.51. The van der Waals surface area contributed by atoms with E-state index in [0.29, 0.717) is 30.8 Å². The molecule has 0 saturated carbocycles. The lowest BCUT2D eigenvalue weighted by Gasteiger charge is -2.28. The highest BCUT2D eigenvalue weighted by Crippen LogP contribution is 2.33. The van der Waals surface area contributed by atoms with Gasteiger partial charge in [-0.2, -0.15) is 0 Å². The quantitative estimate of drug-likeness (QED) is 0.820. The van der Waals surface area contributed by atoms with Crippen LogP contribution in [0.4, 0.5) is 11.4 Å². The average molecular weight is 390 g/mol. The van der Waals surface area contributed by atoms with E-state index in [1.807, 2.05) is 6.92 Å². The first-order valence-corrected chi connectivity index (χ1v) is 10.1. The number of rotatable bonds is 6. The molecule has 1 aliphatic heterocycles. The number of sulfonamides is 1. The fourth-order valence-corrected chi connectivity index (χ4v) is 4.41. The zero-order valence-electron chi connectivity index (χ0n) is 15.5.